The Labute approximate surface area is 99.0 Å². The van der Waals surface area contributed by atoms with E-state index in [2.05, 4.69) is 49.5 Å². The van der Waals surface area contributed by atoms with E-state index in [1.54, 1.807) is 0 Å². The molecule has 0 aliphatic carbocycles. The molecule has 2 nitrogen and oxygen atoms in total. The second-order valence-electron chi connectivity index (χ2n) is 4.37. The molecule has 0 saturated carbocycles. The maximum atomic E-state index is 5.51. The van der Waals surface area contributed by atoms with E-state index in [4.69, 9.17) is 4.74 Å². The van der Waals surface area contributed by atoms with Gasteiger partial charge in [-0.05, 0) is 18.9 Å². The number of benzene rings is 1. The lowest BCUT2D eigenvalue weighted by Gasteiger charge is -2.21. The van der Waals surface area contributed by atoms with Gasteiger partial charge in [-0.25, -0.2) is 0 Å². The molecule has 1 rings (SSSR count). The van der Waals surface area contributed by atoms with Gasteiger partial charge in [0.05, 0.1) is 6.61 Å². The van der Waals surface area contributed by atoms with Crippen LogP contribution in [-0.4, -0.2) is 25.3 Å². The quantitative estimate of drug-likeness (QED) is 0.716. The summed E-state index contributed by atoms with van der Waals surface area (Å²) >= 11 is 0. The van der Waals surface area contributed by atoms with Crippen LogP contribution in [0.2, 0.25) is 0 Å². The SMILES string of the molecule is CCOC[C@H](Cc1ccccc1)[15NH]C(C)C. The van der Waals surface area contributed by atoms with Crippen LogP contribution >= 0.6 is 0 Å². The molecule has 1 aromatic rings. The molecule has 2 heteroatoms. The van der Waals surface area contributed by atoms with Crippen molar-refractivity contribution in [2.24, 2.45) is 0 Å². The summed E-state index contributed by atoms with van der Waals surface area (Å²) in [7, 11) is 0. The lowest BCUT2D eigenvalue weighted by molar-refractivity contribution is 0.120. The van der Waals surface area contributed by atoms with Crippen LogP contribution in [0.1, 0.15) is 26.3 Å². The van der Waals surface area contributed by atoms with E-state index >= 15 is 0 Å². The van der Waals surface area contributed by atoms with Crippen molar-refractivity contribution < 1.29 is 4.74 Å². The first-order valence-corrected chi connectivity index (χ1v) is 6.10. The molecule has 0 radical (unpaired) electrons. The molecule has 0 spiro atoms. The molecule has 0 aliphatic rings. The van der Waals surface area contributed by atoms with Crippen molar-refractivity contribution >= 4 is 0 Å². The molecule has 0 saturated heterocycles. The standard InChI is InChI=1S/C14H23NO/c1-4-16-11-14(15-12(2)3)10-13-8-6-5-7-9-13/h5-9,12,14-15H,4,10-11H2,1-3H3/t14-/m0/s1/i15+1. The third-order valence-electron chi connectivity index (χ3n) is 2.42. The van der Waals surface area contributed by atoms with Gasteiger partial charge in [0.15, 0.2) is 0 Å². The molecular formula is C14H23NO. The van der Waals surface area contributed by atoms with Gasteiger partial charge in [0, 0.05) is 18.7 Å². The van der Waals surface area contributed by atoms with Crippen molar-refractivity contribution in [1.29, 1.82) is 0 Å². The second-order valence-corrected chi connectivity index (χ2v) is 4.37. The lowest BCUT2D eigenvalue weighted by atomic mass is 10.1. The van der Waals surface area contributed by atoms with E-state index in [9.17, 15) is 0 Å². The lowest BCUT2D eigenvalue weighted by Crippen LogP contribution is -2.39. The average molecular weight is 222 g/mol. The van der Waals surface area contributed by atoms with Crippen LogP contribution in [0.5, 0.6) is 0 Å². The molecule has 1 aromatic carbocycles. The molecule has 0 aromatic heterocycles. The number of ether oxygens (including phenoxy) is 1. The topological polar surface area (TPSA) is 21.3 Å². The number of rotatable bonds is 7. The highest BCUT2D eigenvalue weighted by atomic mass is 16.5. The largest absolute Gasteiger partial charge is 0.380 e. The van der Waals surface area contributed by atoms with Gasteiger partial charge in [0.2, 0.25) is 0 Å². The van der Waals surface area contributed by atoms with Crippen LogP contribution in [0.25, 0.3) is 0 Å². The van der Waals surface area contributed by atoms with Gasteiger partial charge in [0.25, 0.3) is 0 Å². The van der Waals surface area contributed by atoms with Gasteiger partial charge in [0.1, 0.15) is 0 Å². The Morgan fingerprint density at radius 1 is 1.19 bits per heavy atom. The highest BCUT2D eigenvalue weighted by Gasteiger charge is 2.10. The molecular weight excluding hydrogens is 199 g/mol. The van der Waals surface area contributed by atoms with E-state index < -0.39 is 0 Å². The smallest absolute Gasteiger partial charge is 0.0622 e. The average Bonchev–Trinajstić information content (AvgIpc) is 2.26. The first-order chi connectivity index (χ1) is 7.72. The normalized spacial score (nSPS) is 13.0. The van der Waals surface area contributed by atoms with Crippen molar-refractivity contribution in [1.82, 2.24) is 5.32 Å². The van der Waals surface area contributed by atoms with E-state index in [-0.39, 0.29) is 0 Å². The first kappa shape index (κ1) is 13.2. The van der Waals surface area contributed by atoms with Crippen molar-refractivity contribution in [3.8, 4) is 0 Å². The van der Waals surface area contributed by atoms with E-state index in [1.165, 1.54) is 5.56 Å². The van der Waals surface area contributed by atoms with E-state index in [0.717, 1.165) is 19.6 Å². The fourth-order valence-electron chi connectivity index (χ4n) is 1.80. The molecule has 1 N–H and O–H groups in total. The molecule has 0 amide bonds. The highest BCUT2D eigenvalue weighted by molar-refractivity contribution is 5.15. The fourth-order valence-corrected chi connectivity index (χ4v) is 1.80. The van der Waals surface area contributed by atoms with Crippen LogP contribution in [0, 0.1) is 0 Å². The summed E-state index contributed by atoms with van der Waals surface area (Å²) in [6, 6.07) is 11.5. The Hall–Kier alpha value is -0.860. The summed E-state index contributed by atoms with van der Waals surface area (Å²) < 4.78 is 5.51. The van der Waals surface area contributed by atoms with Crippen LogP contribution in [-0.2, 0) is 11.2 Å². The minimum Gasteiger partial charge on any atom is -0.380 e. The van der Waals surface area contributed by atoms with E-state index in [1.807, 2.05) is 6.92 Å². The number of hydrogen-bond donors (Lipinski definition) is 1. The van der Waals surface area contributed by atoms with Crippen LogP contribution in [0.15, 0.2) is 30.3 Å². The van der Waals surface area contributed by atoms with Gasteiger partial charge >= 0.3 is 0 Å². The molecule has 1 atom stereocenters. The first-order valence-electron chi connectivity index (χ1n) is 6.10. The molecule has 90 valence electrons. The zero-order chi connectivity index (χ0) is 11.8. The summed E-state index contributed by atoms with van der Waals surface area (Å²) in [6.07, 6.45) is 1.03. The number of hydrogen-bond acceptors (Lipinski definition) is 2. The third kappa shape index (κ3) is 5.29. The van der Waals surface area contributed by atoms with E-state index in [0.29, 0.717) is 12.1 Å². The molecule has 0 aliphatic heterocycles. The Balaban J connectivity index is 2.49. The van der Waals surface area contributed by atoms with Crippen molar-refractivity contribution in [2.45, 2.75) is 39.3 Å². The van der Waals surface area contributed by atoms with Crippen molar-refractivity contribution in [3.63, 3.8) is 0 Å². The molecule has 16 heavy (non-hydrogen) atoms. The molecule has 0 fully saturated rings. The Kier molecular flexibility index (Phi) is 6.12. The second kappa shape index (κ2) is 7.42. The Morgan fingerprint density at radius 3 is 2.44 bits per heavy atom. The van der Waals surface area contributed by atoms with Crippen LogP contribution in [0.3, 0.4) is 0 Å². The van der Waals surface area contributed by atoms with Crippen LogP contribution < -0.4 is 5.32 Å². The summed E-state index contributed by atoms with van der Waals surface area (Å²) in [4.78, 5) is 0. The van der Waals surface area contributed by atoms with Gasteiger partial charge < -0.3 is 10.1 Å². The third-order valence-corrected chi connectivity index (χ3v) is 2.42. The van der Waals surface area contributed by atoms with Crippen molar-refractivity contribution in [3.05, 3.63) is 35.9 Å². The fraction of sp³-hybridized carbons (Fsp3) is 0.571. The van der Waals surface area contributed by atoms with Gasteiger partial charge in [-0.1, -0.05) is 44.2 Å². The van der Waals surface area contributed by atoms with Crippen LogP contribution in [0.4, 0.5) is 0 Å². The van der Waals surface area contributed by atoms with Crippen molar-refractivity contribution in [2.75, 3.05) is 13.2 Å². The maximum absolute atomic E-state index is 5.51. The highest BCUT2D eigenvalue weighted by Crippen LogP contribution is 2.04. The number of nitrogens with one attached hydrogen (secondary N) is 1. The van der Waals surface area contributed by atoms with Gasteiger partial charge in [-0.2, -0.15) is 0 Å². The van der Waals surface area contributed by atoms with Gasteiger partial charge in [-0.3, -0.25) is 0 Å². The summed E-state index contributed by atoms with van der Waals surface area (Å²) in [5.74, 6) is 0. The monoisotopic (exact) mass is 222 g/mol. The minimum atomic E-state index is 0.405. The van der Waals surface area contributed by atoms with Gasteiger partial charge in [-0.15, -0.1) is 0 Å². The summed E-state index contributed by atoms with van der Waals surface area (Å²) in [5, 5.41) is 3.54. The zero-order valence-corrected chi connectivity index (χ0v) is 10.6. The summed E-state index contributed by atoms with van der Waals surface area (Å²) in [6.45, 7) is 7.94. The molecule has 0 bridgehead atoms. The zero-order valence-electron chi connectivity index (χ0n) is 10.6. The predicted octanol–water partition coefficient (Wildman–Crippen LogP) is 2.63. The predicted molar refractivity (Wildman–Crippen MR) is 68.7 cm³/mol. The molecule has 0 unspecified atom stereocenters. The summed E-state index contributed by atoms with van der Waals surface area (Å²) in [5.41, 5.74) is 1.36. The Bertz CT molecular complexity index is 271. The minimum absolute atomic E-state index is 0.405. The maximum Gasteiger partial charge on any atom is 0.0622 e. The molecule has 0 heterocycles. The Morgan fingerprint density at radius 2 is 1.88 bits per heavy atom.